The Bertz CT molecular complexity index is 728. The fraction of sp³-hybridized carbons (Fsp3) is 0.556. The second kappa shape index (κ2) is 7.31. The maximum atomic E-state index is 12.4. The number of hydrogen-bond donors (Lipinski definition) is 1. The van der Waals surface area contributed by atoms with E-state index in [1.165, 1.54) is 19.3 Å². The summed E-state index contributed by atoms with van der Waals surface area (Å²) in [6.07, 6.45) is 10.1. The summed E-state index contributed by atoms with van der Waals surface area (Å²) < 4.78 is 2.30. The number of nitrogens with zero attached hydrogens (tertiary/aromatic N) is 5. The van der Waals surface area contributed by atoms with E-state index < -0.39 is 0 Å². The van der Waals surface area contributed by atoms with Gasteiger partial charge in [0.05, 0.1) is 24.5 Å². The third-order valence-corrected chi connectivity index (χ3v) is 5.09. The molecule has 1 N–H and O–H groups in total. The van der Waals surface area contributed by atoms with E-state index in [1.807, 2.05) is 12.1 Å². The molecule has 2 aliphatic heterocycles. The fourth-order valence-corrected chi connectivity index (χ4v) is 3.88. The number of aryl methyl sites for hydroxylation is 1. The standard InChI is InChI=1S/C18H24N6O/c25-17(20-14-6-4-9-19-12-14)13-23-10-5-7-15(23)18-22-21-16-8-2-1-3-11-24(16)18/h4,6,9,12,15H,1-3,5,7-8,10-11,13H2,(H,20,25). The van der Waals surface area contributed by atoms with Gasteiger partial charge in [0.2, 0.25) is 5.91 Å². The van der Waals surface area contributed by atoms with Gasteiger partial charge in [0.1, 0.15) is 11.6 Å². The summed E-state index contributed by atoms with van der Waals surface area (Å²) in [6.45, 7) is 2.30. The lowest BCUT2D eigenvalue weighted by atomic mass is 10.2. The minimum Gasteiger partial charge on any atom is -0.324 e. The van der Waals surface area contributed by atoms with Gasteiger partial charge in [-0.15, -0.1) is 10.2 Å². The van der Waals surface area contributed by atoms with Crippen LogP contribution in [-0.2, 0) is 17.8 Å². The normalized spacial score (nSPS) is 20.9. The van der Waals surface area contributed by atoms with Gasteiger partial charge in [-0.2, -0.15) is 0 Å². The molecule has 7 nitrogen and oxygen atoms in total. The molecule has 0 aliphatic carbocycles. The summed E-state index contributed by atoms with van der Waals surface area (Å²) in [4.78, 5) is 18.7. The number of hydrogen-bond acceptors (Lipinski definition) is 5. The molecule has 0 spiro atoms. The summed E-state index contributed by atoms with van der Waals surface area (Å²) in [5, 5.41) is 11.8. The van der Waals surface area contributed by atoms with Crippen molar-refractivity contribution >= 4 is 11.6 Å². The van der Waals surface area contributed by atoms with Crippen LogP contribution in [0.3, 0.4) is 0 Å². The molecule has 7 heteroatoms. The van der Waals surface area contributed by atoms with Gasteiger partial charge < -0.3 is 9.88 Å². The number of carbonyl (C=O) groups excluding carboxylic acids is 1. The number of nitrogens with one attached hydrogen (secondary N) is 1. The van der Waals surface area contributed by atoms with Gasteiger partial charge in [0, 0.05) is 19.2 Å². The third kappa shape index (κ3) is 3.56. The van der Waals surface area contributed by atoms with Crippen LogP contribution in [0, 0.1) is 0 Å². The highest BCUT2D eigenvalue weighted by Gasteiger charge is 2.32. The number of pyridine rings is 1. The van der Waals surface area contributed by atoms with Gasteiger partial charge in [-0.05, 0) is 44.4 Å². The molecule has 1 amide bonds. The monoisotopic (exact) mass is 340 g/mol. The smallest absolute Gasteiger partial charge is 0.238 e. The highest BCUT2D eigenvalue weighted by Crippen LogP contribution is 2.32. The second-order valence-corrected chi connectivity index (χ2v) is 6.86. The van der Waals surface area contributed by atoms with Crippen LogP contribution < -0.4 is 5.32 Å². The highest BCUT2D eigenvalue weighted by atomic mass is 16.2. The van der Waals surface area contributed by atoms with E-state index in [4.69, 9.17) is 0 Å². The van der Waals surface area contributed by atoms with Crippen LogP contribution >= 0.6 is 0 Å². The Morgan fingerprint density at radius 2 is 2.16 bits per heavy atom. The SMILES string of the molecule is O=C(CN1CCCC1c1nnc2n1CCCCC2)Nc1cccnc1. The molecule has 0 bridgehead atoms. The Labute approximate surface area is 147 Å². The van der Waals surface area contributed by atoms with E-state index in [9.17, 15) is 4.79 Å². The molecule has 2 aliphatic rings. The number of aromatic nitrogens is 4. The van der Waals surface area contributed by atoms with Crippen LogP contribution in [0.5, 0.6) is 0 Å². The van der Waals surface area contributed by atoms with E-state index >= 15 is 0 Å². The van der Waals surface area contributed by atoms with Gasteiger partial charge in [0.15, 0.2) is 0 Å². The second-order valence-electron chi connectivity index (χ2n) is 6.86. The van der Waals surface area contributed by atoms with Crippen LogP contribution in [0.25, 0.3) is 0 Å². The minimum atomic E-state index is -0.00416. The van der Waals surface area contributed by atoms with E-state index in [-0.39, 0.29) is 11.9 Å². The summed E-state index contributed by atoms with van der Waals surface area (Å²) in [5.74, 6) is 2.15. The van der Waals surface area contributed by atoms with E-state index in [0.717, 1.165) is 49.7 Å². The van der Waals surface area contributed by atoms with Crippen LogP contribution in [-0.4, -0.2) is 43.6 Å². The highest BCUT2D eigenvalue weighted by molar-refractivity contribution is 5.92. The molecule has 132 valence electrons. The maximum absolute atomic E-state index is 12.4. The summed E-state index contributed by atoms with van der Waals surface area (Å²) in [7, 11) is 0. The number of carbonyl (C=O) groups is 1. The number of fused-ring (bicyclic) bond motifs is 1. The van der Waals surface area contributed by atoms with Crippen molar-refractivity contribution in [3.63, 3.8) is 0 Å². The Kier molecular flexibility index (Phi) is 4.74. The van der Waals surface area contributed by atoms with Crippen LogP contribution in [0.4, 0.5) is 5.69 Å². The van der Waals surface area contributed by atoms with Crippen molar-refractivity contribution in [2.45, 2.75) is 51.1 Å². The van der Waals surface area contributed by atoms with Crippen molar-refractivity contribution in [2.24, 2.45) is 0 Å². The van der Waals surface area contributed by atoms with Crippen molar-refractivity contribution in [2.75, 3.05) is 18.4 Å². The van der Waals surface area contributed by atoms with Crippen LogP contribution in [0.1, 0.15) is 49.8 Å². The quantitative estimate of drug-likeness (QED) is 0.923. The number of rotatable bonds is 4. The van der Waals surface area contributed by atoms with Gasteiger partial charge in [-0.1, -0.05) is 6.42 Å². The van der Waals surface area contributed by atoms with Crippen molar-refractivity contribution < 1.29 is 4.79 Å². The Balaban J connectivity index is 1.46. The predicted octanol–water partition coefficient (Wildman–Crippen LogP) is 2.18. The lowest BCUT2D eigenvalue weighted by molar-refractivity contribution is -0.117. The topological polar surface area (TPSA) is 75.9 Å². The van der Waals surface area contributed by atoms with Gasteiger partial charge in [0.25, 0.3) is 0 Å². The molecule has 0 saturated carbocycles. The van der Waals surface area contributed by atoms with E-state index in [2.05, 4.69) is 30.0 Å². The zero-order valence-corrected chi connectivity index (χ0v) is 14.4. The summed E-state index contributed by atoms with van der Waals surface area (Å²) in [6, 6.07) is 3.86. The molecule has 4 rings (SSSR count). The van der Waals surface area contributed by atoms with E-state index in [0.29, 0.717) is 6.54 Å². The summed E-state index contributed by atoms with van der Waals surface area (Å²) >= 11 is 0. The Hall–Kier alpha value is -2.28. The minimum absolute atomic E-state index is 0.00416. The fourth-order valence-electron chi connectivity index (χ4n) is 3.88. The molecule has 1 fully saturated rings. The molecule has 4 heterocycles. The number of anilines is 1. The van der Waals surface area contributed by atoms with Crippen molar-refractivity contribution in [1.29, 1.82) is 0 Å². The Morgan fingerprint density at radius 3 is 3.04 bits per heavy atom. The average Bonchev–Trinajstić information content (AvgIpc) is 3.15. The first kappa shape index (κ1) is 16.2. The maximum Gasteiger partial charge on any atom is 0.238 e. The molecule has 0 radical (unpaired) electrons. The first-order valence-electron chi connectivity index (χ1n) is 9.17. The molecule has 1 atom stereocenters. The molecule has 1 saturated heterocycles. The largest absolute Gasteiger partial charge is 0.324 e. The van der Waals surface area contributed by atoms with Gasteiger partial charge in [-0.25, -0.2) is 0 Å². The van der Waals surface area contributed by atoms with Crippen molar-refractivity contribution in [3.05, 3.63) is 36.2 Å². The first-order chi connectivity index (χ1) is 12.3. The molecule has 1 unspecified atom stereocenters. The molecule has 2 aromatic heterocycles. The first-order valence-corrected chi connectivity index (χ1v) is 9.17. The molecular formula is C18H24N6O. The molecule has 0 aromatic carbocycles. The van der Waals surface area contributed by atoms with Gasteiger partial charge >= 0.3 is 0 Å². The van der Waals surface area contributed by atoms with E-state index in [1.54, 1.807) is 12.4 Å². The van der Waals surface area contributed by atoms with Crippen molar-refractivity contribution in [3.8, 4) is 0 Å². The van der Waals surface area contributed by atoms with Gasteiger partial charge in [-0.3, -0.25) is 14.7 Å². The lowest BCUT2D eigenvalue weighted by Gasteiger charge is -2.23. The van der Waals surface area contributed by atoms with Crippen LogP contribution in [0.2, 0.25) is 0 Å². The third-order valence-electron chi connectivity index (χ3n) is 5.09. The number of likely N-dealkylation sites (tertiary alicyclic amines) is 1. The van der Waals surface area contributed by atoms with Crippen molar-refractivity contribution in [1.82, 2.24) is 24.6 Å². The van der Waals surface area contributed by atoms with Crippen LogP contribution in [0.15, 0.2) is 24.5 Å². The average molecular weight is 340 g/mol. The lowest BCUT2D eigenvalue weighted by Crippen LogP contribution is -2.34. The number of amides is 1. The zero-order valence-electron chi connectivity index (χ0n) is 14.4. The Morgan fingerprint density at radius 1 is 1.20 bits per heavy atom. The zero-order chi connectivity index (χ0) is 17.1. The molecule has 2 aromatic rings. The molecule has 25 heavy (non-hydrogen) atoms. The predicted molar refractivity (Wildman–Crippen MR) is 94.0 cm³/mol. The summed E-state index contributed by atoms with van der Waals surface area (Å²) in [5.41, 5.74) is 0.736. The molecular weight excluding hydrogens is 316 g/mol.